The predicted octanol–water partition coefficient (Wildman–Crippen LogP) is 2.00. The van der Waals surface area contributed by atoms with E-state index < -0.39 is 5.82 Å². The van der Waals surface area contributed by atoms with Gasteiger partial charge in [-0.3, -0.25) is 9.59 Å². The second kappa shape index (κ2) is 5.24. The molecular weight excluding hydrogens is 199 g/mol. The molecule has 0 amide bonds. The van der Waals surface area contributed by atoms with Gasteiger partial charge in [-0.2, -0.15) is 0 Å². The number of aldehydes is 1. The van der Waals surface area contributed by atoms with E-state index in [2.05, 4.69) is 0 Å². The van der Waals surface area contributed by atoms with E-state index >= 15 is 0 Å². The summed E-state index contributed by atoms with van der Waals surface area (Å²) in [6, 6.07) is 3.72. The zero-order valence-electron chi connectivity index (χ0n) is 8.33. The Balaban J connectivity index is 2.64. The average molecular weight is 210 g/mol. The normalized spacial score (nSPS) is 9.73. The van der Waals surface area contributed by atoms with Gasteiger partial charge in [-0.05, 0) is 19.1 Å². The third kappa shape index (κ3) is 3.89. The van der Waals surface area contributed by atoms with Gasteiger partial charge in [-0.25, -0.2) is 4.39 Å². The number of ketones is 1. The van der Waals surface area contributed by atoms with Crippen molar-refractivity contribution in [1.29, 1.82) is 0 Å². The number of ether oxygens (including phenoxy) is 1. The molecule has 1 aromatic carbocycles. The molecule has 0 unspecified atom stereocenters. The number of benzene rings is 1. The first-order valence-electron chi connectivity index (χ1n) is 4.50. The Hall–Kier alpha value is -1.71. The molecule has 0 atom stereocenters. The van der Waals surface area contributed by atoms with Crippen LogP contribution in [0.15, 0.2) is 18.2 Å². The first kappa shape index (κ1) is 11.4. The van der Waals surface area contributed by atoms with Crippen LogP contribution in [0.3, 0.4) is 0 Å². The molecule has 0 aliphatic rings. The van der Waals surface area contributed by atoms with Gasteiger partial charge in [0, 0.05) is 18.1 Å². The Morgan fingerprint density at radius 3 is 2.80 bits per heavy atom. The smallest absolute Gasteiger partial charge is 0.150 e. The topological polar surface area (TPSA) is 43.4 Å². The van der Waals surface area contributed by atoms with Gasteiger partial charge in [-0.1, -0.05) is 0 Å². The van der Waals surface area contributed by atoms with Crippen LogP contribution < -0.4 is 4.74 Å². The first-order chi connectivity index (χ1) is 7.11. The molecule has 0 radical (unpaired) electrons. The maximum absolute atomic E-state index is 12.9. The maximum Gasteiger partial charge on any atom is 0.150 e. The number of rotatable bonds is 5. The SMILES string of the molecule is CC(=O)CCOc1cc(F)cc(C=O)c1. The van der Waals surface area contributed by atoms with Crippen molar-refractivity contribution in [2.24, 2.45) is 0 Å². The van der Waals surface area contributed by atoms with Gasteiger partial charge in [0.25, 0.3) is 0 Å². The number of halogens is 1. The molecular formula is C11H11FO3. The van der Waals surface area contributed by atoms with E-state index in [1.807, 2.05) is 0 Å². The summed E-state index contributed by atoms with van der Waals surface area (Å²) < 4.78 is 18.0. The summed E-state index contributed by atoms with van der Waals surface area (Å²) in [5, 5.41) is 0. The minimum atomic E-state index is -0.530. The molecule has 0 aliphatic heterocycles. The Labute approximate surface area is 86.9 Å². The lowest BCUT2D eigenvalue weighted by molar-refractivity contribution is -0.117. The Morgan fingerprint density at radius 1 is 1.47 bits per heavy atom. The summed E-state index contributed by atoms with van der Waals surface area (Å²) in [7, 11) is 0. The second-order valence-electron chi connectivity index (χ2n) is 3.14. The third-order valence-corrected chi connectivity index (χ3v) is 1.75. The molecule has 0 N–H and O–H groups in total. The van der Waals surface area contributed by atoms with Gasteiger partial charge >= 0.3 is 0 Å². The van der Waals surface area contributed by atoms with Crippen LogP contribution in [-0.2, 0) is 4.79 Å². The molecule has 1 rings (SSSR count). The predicted molar refractivity (Wildman–Crippen MR) is 52.6 cm³/mol. The molecule has 0 spiro atoms. The van der Waals surface area contributed by atoms with E-state index in [1.54, 1.807) is 0 Å². The van der Waals surface area contributed by atoms with E-state index in [-0.39, 0.29) is 30.1 Å². The Morgan fingerprint density at radius 2 is 2.20 bits per heavy atom. The van der Waals surface area contributed by atoms with Crippen LogP contribution >= 0.6 is 0 Å². The largest absolute Gasteiger partial charge is 0.493 e. The standard InChI is InChI=1S/C11H11FO3/c1-8(14)2-3-15-11-5-9(7-13)4-10(12)6-11/h4-7H,2-3H2,1H3. The fourth-order valence-electron chi connectivity index (χ4n) is 1.05. The van der Waals surface area contributed by atoms with Crippen molar-refractivity contribution in [3.05, 3.63) is 29.6 Å². The van der Waals surface area contributed by atoms with Gasteiger partial charge in [0.15, 0.2) is 0 Å². The molecule has 1 aromatic rings. The highest BCUT2D eigenvalue weighted by atomic mass is 19.1. The fourth-order valence-corrected chi connectivity index (χ4v) is 1.05. The van der Waals surface area contributed by atoms with E-state index in [0.29, 0.717) is 6.29 Å². The quantitative estimate of drug-likeness (QED) is 0.698. The third-order valence-electron chi connectivity index (χ3n) is 1.75. The molecule has 4 heteroatoms. The summed E-state index contributed by atoms with van der Waals surface area (Å²) in [4.78, 5) is 21.0. The lowest BCUT2D eigenvalue weighted by Crippen LogP contribution is -2.03. The number of hydrogen-bond donors (Lipinski definition) is 0. The number of Topliss-reactive ketones (excluding diaryl/α,β-unsaturated/α-hetero) is 1. The van der Waals surface area contributed by atoms with Crippen molar-refractivity contribution in [2.45, 2.75) is 13.3 Å². The van der Waals surface area contributed by atoms with Gasteiger partial charge < -0.3 is 4.74 Å². The molecule has 15 heavy (non-hydrogen) atoms. The lowest BCUT2D eigenvalue weighted by atomic mass is 10.2. The van der Waals surface area contributed by atoms with Crippen molar-refractivity contribution in [3.63, 3.8) is 0 Å². The summed E-state index contributed by atoms with van der Waals surface area (Å²) in [6.07, 6.45) is 0.813. The average Bonchev–Trinajstić information content (AvgIpc) is 2.16. The molecule has 0 saturated carbocycles. The van der Waals surface area contributed by atoms with Crippen LogP contribution in [0.1, 0.15) is 23.7 Å². The number of hydrogen-bond acceptors (Lipinski definition) is 3. The molecule has 0 aliphatic carbocycles. The molecule has 80 valence electrons. The lowest BCUT2D eigenvalue weighted by Gasteiger charge is -2.05. The molecule has 3 nitrogen and oxygen atoms in total. The molecule has 0 bridgehead atoms. The zero-order valence-corrected chi connectivity index (χ0v) is 8.33. The Bertz CT molecular complexity index is 374. The minimum Gasteiger partial charge on any atom is -0.493 e. The van der Waals surface area contributed by atoms with Gasteiger partial charge in [0.2, 0.25) is 0 Å². The molecule has 0 saturated heterocycles. The summed E-state index contributed by atoms with van der Waals surface area (Å²) in [5.41, 5.74) is 0.216. The highest BCUT2D eigenvalue weighted by Crippen LogP contribution is 2.15. The number of carbonyl (C=O) groups is 2. The van der Waals surface area contributed by atoms with Crippen molar-refractivity contribution in [2.75, 3.05) is 6.61 Å². The van der Waals surface area contributed by atoms with E-state index in [4.69, 9.17) is 4.74 Å². The van der Waals surface area contributed by atoms with Gasteiger partial charge in [-0.15, -0.1) is 0 Å². The zero-order chi connectivity index (χ0) is 11.3. The number of carbonyl (C=O) groups excluding carboxylic acids is 2. The first-order valence-corrected chi connectivity index (χ1v) is 4.50. The second-order valence-corrected chi connectivity index (χ2v) is 3.14. The van der Waals surface area contributed by atoms with E-state index in [9.17, 15) is 14.0 Å². The van der Waals surface area contributed by atoms with E-state index in [0.717, 1.165) is 6.07 Å². The summed E-state index contributed by atoms with van der Waals surface area (Å²) >= 11 is 0. The van der Waals surface area contributed by atoms with Crippen LogP contribution in [0.2, 0.25) is 0 Å². The van der Waals surface area contributed by atoms with Gasteiger partial charge in [0.05, 0.1) is 6.61 Å². The highest BCUT2D eigenvalue weighted by molar-refractivity contribution is 5.76. The minimum absolute atomic E-state index is 0.00186. The van der Waals surface area contributed by atoms with Crippen LogP contribution in [-0.4, -0.2) is 18.7 Å². The fraction of sp³-hybridized carbons (Fsp3) is 0.273. The Kier molecular flexibility index (Phi) is 3.97. The molecule has 0 aromatic heterocycles. The summed E-state index contributed by atoms with van der Waals surface area (Å²) in [5.74, 6) is -0.266. The maximum atomic E-state index is 12.9. The van der Waals surface area contributed by atoms with Crippen molar-refractivity contribution in [3.8, 4) is 5.75 Å². The van der Waals surface area contributed by atoms with Crippen molar-refractivity contribution in [1.82, 2.24) is 0 Å². The van der Waals surface area contributed by atoms with E-state index in [1.165, 1.54) is 19.1 Å². The summed E-state index contributed by atoms with van der Waals surface area (Å²) in [6.45, 7) is 1.64. The highest BCUT2D eigenvalue weighted by Gasteiger charge is 2.01. The monoisotopic (exact) mass is 210 g/mol. The molecule has 0 heterocycles. The van der Waals surface area contributed by atoms with Crippen LogP contribution in [0.4, 0.5) is 4.39 Å². The van der Waals surface area contributed by atoms with Crippen LogP contribution in [0.25, 0.3) is 0 Å². The van der Waals surface area contributed by atoms with Crippen LogP contribution in [0, 0.1) is 5.82 Å². The van der Waals surface area contributed by atoms with Gasteiger partial charge in [0.1, 0.15) is 23.6 Å². The van der Waals surface area contributed by atoms with Crippen LogP contribution in [0.5, 0.6) is 5.75 Å². The van der Waals surface area contributed by atoms with Crippen molar-refractivity contribution < 1.29 is 18.7 Å². The molecule has 0 fully saturated rings. The van der Waals surface area contributed by atoms with Crippen molar-refractivity contribution >= 4 is 12.1 Å².